The van der Waals surface area contributed by atoms with Crippen molar-refractivity contribution in [1.82, 2.24) is 10.3 Å². The van der Waals surface area contributed by atoms with Crippen LogP contribution in [0.4, 0.5) is 4.39 Å². The summed E-state index contributed by atoms with van der Waals surface area (Å²) in [5, 5.41) is 4.78. The van der Waals surface area contributed by atoms with E-state index < -0.39 is 0 Å². The van der Waals surface area contributed by atoms with Crippen molar-refractivity contribution in [1.29, 1.82) is 0 Å². The molecule has 1 heterocycles. The van der Waals surface area contributed by atoms with Crippen LogP contribution in [-0.2, 0) is 12.8 Å². The topological polar surface area (TPSA) is 44.9 Å². The SMILES string of the molecule is Cc1[nH]c2ccc(Cl)cc2c1CCNC(=O)c1ccc(Cc2cccc(F)c2)cc1. The van der Waals surface area contributed by atoms with Crippen molar-refractivity contribution in [3.63, 3.8) is 0 Å². The number of nitrogens with one attached hydrogen (secondary N) is 2. The van der Waals surface area contributed by atoms with Crippen LogP contribution in [0.1, 0.15) is 32.7 Å². The molecule has 152 valence electrons. The molecular formula is C25H22ClFN2O. The first-order chi connectivity index (χ1) is 14.5. The fourth-order valence-electron chi connectivity index (χ4n) is 3.74. The third-order valence-electron chi connectivity index (χ3n) is 5.26. The van der Waals surface area contributed by atoms with E-state index in [-0.39, 0.29) is 11.7 Å². The summed E-state index contributed by atoms with van der Waals surface area (Å²) in [4.78, 5) is 15.9. The van der Waals surface area contributed by atoms with Gasteiger partial charge in [0.1, 0.15) is 5.82 Å². The summed E-state index contributed by atoms with van der Waals surface area (Å²) in [5.41, 5.74) is 5.84. The standard InChI is InChI=1S/C25H22ClFN2O/c1-16-22(23-15-20(26)9-10-24(23)29-16)11-12-28-25(30)19-7-5-17(6-8-19)13-18-3-2-4-21(27)14-18/h2-10,14-15,29H,11-13H2,1H3,(H,28,30). The summed E-state index contributed by atoms with van der Waals surface area (Å²) in [5.74, 6) is -0.348. The molecule has 0 bridgehead atoms. The number of aryl methyl sites for hydroxylation is 1. The highest BCUT2D eigenvalue weighted by Crippen LogP contribution is 2.25. The van der Waals surface area contributed by atoms with Gasteiger partial charge in [0.2, 0.25) is 0 Å². The smallest absolute Gasteiger partial charge is 0.251 e. The molecule has 0 saturated heterocycles. The molecule has 30 heavy (non-hydrogen) atoms. The summed E-state index contributed by atoms with van der Waals surface area (Å²) in [6.45, 7) is 2.56. The predicted molar refractivity (Wildman–Crippen MR) is 120 cm³/mol. The van der Waals surface area contributed by atoms with Crippen molar-refractivity contribution >= 4 is 28.4 Å². The highest BCUT2D eigenvalue weighted by atomic mass is 35.5. The number of carbonyl (C=O) groups is 1. The van der Waals surface area contributed by atoms with Crippen molar-refractivity contribution in [3.05, 3.63) is 106 Å². The van der Waals surface area contributed by atoms with Gasteiger partial charge in [0.05, 0.1) is 0 Å². The molecule has 3 aromatic carbocycles. The Labute approximate surface area is 179 Å². The van der Waals surface area contributed by atoms with Gasteiger partial charge in [0, 0.05) is 33.7 Å². The lowest BCUT2D eigenvalue weighted by atomic mass is 10.0. The third-order valence-corrected chi connectivity index (χ3v) is 5.49. The van der Waals surface area contributed by atoms with Crippen LogP contribution < -0.4 is 5.32 Å². The van der Waals surface area contributed by atoms with Gasteiger partial charge in [-0.3, -0.25) is 4.79 Å². The first-order valence-electron chi connectivity index (χ1n) is 9.88. The van der Waals surface area contributed by atoms with Gasteiger partial charge >= 0.3 is 0 Å². The number of hydrogen-bond acceptors (Lipinski definition) is 1. The third kappa shape index (κ3) is 4.55. The van der Waals surface area contributed by atoms with E-state index >= 15 is 0 Å². The number of rotatable bonds is 6. The molecule has 0 aliphatic heterocycles. The van der Waals surface area contributed by atoms with E-state index in [1.807, 2.05) is 43.3 Å². The fourth-order valence-corrected chi connectivity index (χ4v) is 3.91. The molecule has 0 atom stereocenters. The summed E-state index contributed by atoms with van der Waals surface area (Å²) in [7, 11) is 0. The second-order valence-electron chi connectivity index (χ2n) is 7.43. The predicted octanol–water partition coefficient (Wildman–Crippen LogP) is 5.83. The Morgan fingerprint density at radius 3 is 2.60 bits per heavy atom. The number of carbonyl (C=O) groups excluding carboxylic acids is 1. The number of fused-ring (bicyclic) bond motifs is 1. The van der Waals surface area contributed by atoms with E-state index in [0.29, 0.717) is 23.6 Å². The highest BCUT2D eigenvalue weighted by Gasteiger charge is 2.10. The second kappa shape index (κ2) is 8.72. The summed E-state index contributed by atoms with van der Waals surface area (Å²) < 4.78 is 13.3. The maximum Gasteiger partial charge on any atom is 0.251 e. The molecule has 5 heteroatoms. The largest absolute Gasteiger partial charge is 0.358 e. The highest BCUT2D eigenvalue weighted by molar-refractivity contribution is 6.31. The molecule has 1 aromatic heterocycles. The number of benzene rings is 3. The van der Waals surface area contributed by atoms with Gasteiger partial charge < -0.3 is 10.3 Å². The Hall–Kier alpha value is -3.11. The van der Waals surface area contributed by atoms with Gasteiger partial charge in [-0.2, -0.15) is 0 Å². The Morgan fingerprint density at radius 2 is 1.83 bits per heavy atom. The van der Waals surface area contributed by atoms with Crippen molar-refractivity contribution in [2.45, 2.75) is 19.8 Å². The first kappa shape index (κ1) is 20.2. The van der Waals surface area contributed by atoms with Gasteiger partial charge in [0.15, 0.2) is 0 Å². The van der Waals surface area contributed by atoms with Gasteiger partial charge in [-0.05, 0) is 78.9 Å². The van der Waals surface area contributed by atoms with Crippen LogP contribution in [0.5, 0.6) is 0 Å². The Balaban J connectivity index is 1.36. The number of halogens is 2. The number of H-pyrrole nitrogens is 1. The average molecular weight is 421 g/mol. The summed E-state index contributed by atoms with van der Waals surface area (Å²) in [6.07, 6.45) is 1.34. The van der Waals surface area contributed by atoms with Gasteiger partial charge in [-0.15, -0.1) is 0 Å². The molecule has 0 aliphatic rings. The summed E-state index contributed by atoms with van der Waals surface area (Å²) >= 11 is 6.13. The van der Waals surface area contributed by atoms with Crippen LogP contribution in [0.2, 0.25) is 5.02 Å². The fraction of sp³-hybridized carbons (Fsp3) is 0.160. The molecule has 0 spiro atoms. The van der Waals surface area contributed by atoms with Crippen molar-refractivity contribution in [3.8, 4) is 0 Å². The second-order valence-corrected chi connectivity index (χ2v) is 7.86. The molecule has 0 fully saturated rings. The quantitative estimate of drug-likeness (QED) is 0.405. The maximum atomic E-state index is 13.3. The maximum absolute atomic E-state index is 13.3. The van der Waals surface area contributed by atoms with Crippen molar-refractivity contribution in [2.24, 2.45) is 0 Å². The molecule has 4 rings (SSSR count). The van der Waals surface area contributed by atoms with Gasteiger partial charge in [-0.25, -0.2) is 4.39 Å². The number of amides is 1. The minimum Gasteiger partial charge on any atom is -0.358 e. The van der Waals surface area contributed by atoms with Crippen molar-refractivity contribution < 1.29 is 9.18 Å². The van der Waals surface area contributed by atoms with Crippen LogP contribution >= 0.6 is 11.6 Å². The van der Waals surface area contributed by atoms with E-state index in [9.17, 15) is 9.18 Å². The molecule has 0 unspecified atom stereocenters. The lowest BCUT2D eigenvalue weighted by molar-refractivity contribution is 0.0954. The number of aromatic nitrogens is 1. The molecule has 0 saturated carbocycles. The molecule has 1 amide bonds. The lowest BCUT2D eigenvalue weighted by Gasteiger charge is -2.07. The molecule has 3 nitrogen and oxygen atoms in total. The molecule has 0 radical (unpaired) electrons. The van der Waals surface area contributed by atoms with Gasteiger partial charge in [-0.1, -0.05) is 35.9 Å². The van der Waals surface area contributed by atoms with E-state index in [0.717, 1.165) is 34.1 Å². The molecular weight excluding hydrogens is 399 g/mol. The first-order valence-corrected chi connectivity index (χ1v) is 10.3. The van der Waals surface area contributed by atoms with Crippen LogP contribution in [0.3, 0.4) is 0 Å². The number of aromatic amines is 1. The Morgan fingerprint density at radius 1 is 1.03 bits per heavy atom. The molecule has 0 aliphatic carbocycles. The van der Waals surface area contributed by atoms with E-state index in [2.05, 4.69) is 10.3 Å². The van der Waals surface area contributed by atoms with Crippen LogP contribution in [0.25, 0.3) is 10.9 Å². The van der Waals surface area contributed by atoms with Crippen molar-refractivity contribution in [2.75, 3.05) is 6.54 Å². The van der Waals surface area contributed by atoms with Gasteiger partial charge in [0.25, 0.3) is 5.91 Å². The zero-order chi connectivity index (χ0) is 21.1. The van der Waals surface area contributed by atoms with E-state index in [4.69, 9.17) is 11.6 Å². The summed E-state index contributed by atoms with van der Waals surface area (Å²) in [6, 6.07) is 19.8. The Kier molecular flexibility index (Phi) is 5.86. The lowest BCUT2D eigenvalue weighted by Crippen LogP contribution is -2.25. The van der Waals surface area contributed by atoms with Crippen LogP contribution in [0.15, 0.2) is 66.7 Å². The van der Waals surface area contributed by atoms with Crippen LogP contribution in [0, 0.1) is 12.7 Å². The Bertz CT molecular complexity index is 1200. The number of hydrogen-bond donors (Lipinski definition) is 2. The monoisotopic (exact) mass is 420 g/mol. The zero-order valence-electron chi connectivity index (χ0n) is 16.6. The zero-order valence-corrected chi connectivity index (χ0v) is 17.4. The molecule has 2 N–H and O–H groups in total. The minimum atomic E-state index is -0.240. The van der Waals surface area contributed by atoms with Crippen LogP contribution in [-0.4, -0.2) is 17.4 Å². The molecule has 4 aromatic rings. The van der Waals surface area contributed by atoms with E-state index in [1.165, 1.54) is 17.7 Å². The average Bonchev–Trinajstić information content (AvgIpc) is 3.03. The minimum absolute atomic E-state index is 0.108. The normalized spacial score (nSPS) is 11.0. The van der Waals surface area contributed by atoms with E-state index in [1.54, 1.807) is 18.2 Å².